The van der Waals surface area contributed by atoms with E-state index in [-0.39, 0.29) is 43.1 Å². The van der Waals surface area contributed by atoms with Gasteiger partial charge >= 0.3 is 7.60 Å². The van der Waals surface area contributed by atoms with Crippen LogP contribution in [0.3, 0.4) is 0 Å². The van der Waals surface area contributed by atoms with Gasteiger partial charge in [0, 0.05) is 12.8 Å². The summed E-state index contributed by atoms with van der Waals surface area (Å²) in [5, 5.41) is 12.0. The average molecular weight is 513 g/mol. The Kier molecular flexibility index (Phi) is 7.67. The zero-order valence-corrected chi connectivity index (χ0v) is 20.3. The molecule has 0 saturated carbocycles. The lowest BCUT2D eigenvalue weighted by molar-refractivity contribution is -0.127. The molecule has 0 fully saturated rings. The number of ether oxygens (including phenoxy) is 1. The average Bonchev–Trinajstić information content (AvgIpc) is 3.22. The molecule has 0 saturated heterocycles. The number of aliphatic hydroxyl groups is 1. The van der Waals surface area contributed by atoms with Crippen LogP contribution < -0.4 is 11.3 Å². The van der Waals surface area contributed by atoms with Crippen molar-refractivity contribution in [2.24, 2.45) is 0 Å². The van der Waals surface area contributed by atoms with Crippen molar-refractivity contribution in [2.75, 3.05) is 11.9 Å². The van der Waals surface area contributed by atoms with Gasteiger partial charge in [0.15, 0.2) is 11.2 Å². The number of nitrogens with one attached hydrogen (secondary N) is 1. The summed E-state index contributed by atoms with van der Waals surface area (Å²) < 4.78 is 19.3. The molecule has 0 spiro atoms. The number of nitrogens with zero attached hydrogens (tertiary/aromatic N) is 3. The van der Waals surface area contributed by atoms with Gasteiger partial charge in [-0.15, -0.1) is 0 Å². The van der Waals surface area contributed by atoms with Crippen LogP contribution in [0.2, 0.25) is 0 Å². The standard InChI is InChI=1S/C24H28N5O6P/c25-23-27-21-20(22(30)28-23)26-15-29(21)16-35-19(11-12-36(32,33)34)24(31,13-17-7-3-1-4-8-17)14-18-9-5-2-6-10-18/h1-10,15,19,31H,11-14,16H2,(H2,32,33,34)(H3,25,27,28,30)/t19-/m1/s1. The number of anilines is 1. The Morgan fingerprint density at radius 1 is 1.06 bits per heavy atom. The molecule has 190 valence electrons. The lowest BCUT2D eigenvalue weighted by atomic mass is 9.82. The van der Waals surface area contributed by atoms with Crippen LogP contribution in [0.1, 0.15) is 17.5 Å². The summed E-state index contributed by atoms with van der Waals surface area (Å²) in [5.41, 5.74) is 5.61. The molecule has 0 amide bonds. The molecular weight excluding hydrogens is 485 g/mol. The van der Waals surface area contributed by atoms with Crippen molar-refractivity contribution in [1.29, 1.82) is 0 Å². The number of nitrogens with two attached hydrogens (primary N) is 1. The Balaban J connectivity index is 1.68. The van der Waals surface area contributed by atoms with Crippen molar-refractivity contribution in [1.82, 2.24) is 19.5 Å². The van der Waals surface area contributed by atoms with Gasteiger partial charge in [-0.2, -0.15) is 4.98 Å². The number of H-pyrrole nitrogens is 1. The molecule has 2 aromatic heterocycles. The van der Waals surface area contributed by atoms with Crippen LogP contribution in [-0.4, -0.2) is 52.3 Å². The van der Waals surface area contributed by atoms with Crippen LogP contribution in [0.4, 0.5) is 5.95 Å². The van der Waals surface area contributed by atoms with E-state index in [9.17, 15) is 24.3 Å². The van der Waals surface area contributed by atoms with E-state index in [1.54, 1.807) is 0 Å². The zero-order valence-electron chi connectivity index (χ0n) is 19.4. The van der Waals surface area contributed by atoms with Gasteiger partial charge in [-0.1, -0.05) is 60.7 Å². The number of fused-ring (bicyclic) bond motifs is 1. The van der Waals surface area contributed by atoms with Crippen LogP contribution in [-0.2, 0) is 28.9 Å². The second-order valence-corrected chi connectivity index (χ2v) is 10.5. The van der Waals surface area contributed by atoms with Crippen LogP contribution in [0.25, 0.3) is 11.2 Å². The van der Waals surface area contributed by atoms with Gasteiger partial charge in [-0.25, -0.2) is 4.98 Å². The van der Waals surface area contributed by atoms with E-state index in [4.69, 9.17) is 10.5 Å². The molecule has 0 bridgehead atoms. The Morgan fingerprint density at radius 3 is 2.19 bits per heavy atom. The molecule has 4 rings (SSSR count). The van der Waals surface area contributed by atoms with E-state index in [0.717, 1.165) is 11.1 Å². The van der Waals surface area contributed by atoms with E-state index in [2.05, 4.69) is 15.0 Å². The molecule has 0 aliphatic carbocycles. The number of imidazole rings is 1. The summed E-state index contributed by atoms with van der Waals surface area (Å²) in [6.45, 7) is -0.176. The van der Waals surface area contributed by atoms with E-state index < -0.39 is 31.0 Å². The molecule has 11 nitrogen and oxygen atoms in total. The summed E-state index contributed by atoms with van der Waals surface area (Å²) in [4.78, 5) is 41.8. The first-order valence-corrected chi connectivity index (χ1v) is 13.1. The fourth-order valence-corrected chi connectivity index (χ4v) is 4.79. The maximum absolute atomic E-state index is 12.1. The van der Waals surface area contributed by atoms with Gasteiger partial charge in [0.2, 0.25) is 5.95 Å². The van der Waals surface area contributed by atoms with Gasteiger partial charge in [-0.3, -0.25) is 18.9 Å². The number of nitrogen functional groups attached to an aromatic ring is 1. The molecule has 12 heteroatoms. The number of hydrogen-bond acceptors (Lipinski definition) is 7. The van der Waals surface area contributed by atoms with E-state index >= 15 is 0 Å². The number of aromatic nitrogens is 4. The van der Waals surface area contributed by atoms with Crippen molar-refractivity contribution >= 4 is 24.7 Å². The summed E-state index contributed by atoms with van der Waals surface area (Å²) in [7, 11) is -4.37. The first-order valence-electron chi connectivity index (χ1n) is 11.3. The maximum atomic E-state index is 12.1. The molecule has 36 heavy (non-hydrogen) atoms. The molecule has 0 aliphatic heterocycles. The Morgan fingerprint density at radius 2 is 1.64 bits per heavy atom. The Hall–Kier alpha value is -3.34. The van der Waals surface area contributed by atoms with E-state index in [1.807, 2.05) is 60.7 Å². The molecular formula is C24H28N5O6P. The molecule has 0 radical (unpaired) electrons. The monoisotopic (exact) mass is 513 g/mol. The molecule has 2 heterocycles. The summed E-state index contributed by atoms with van der Waals surface area (Å²) in [6.07, 6.45) is 0.165. The highest BCUT2D eigenvalue weighted by molar-refractivity contribution is 7.51. The van der Waals surface area contributed by atoms with Crippen molar-refractivity contribution in [3.8, 4) is 0 Å². The molecule has 0 aliphatic rings. The topological polar surface area (TPSA) is 177 Å². The first-order chi connectivity index (χ1) is 17.1. The minimum absolute atomic E-state index is 0.0726. The highest BCUT2D eigenvalue weighted by Gasteiger charge is 2.39. The van der Waals surface area contributed by atoms with Gasteiger partial charge in [0.05, 0.1) is 24.2 Å². The highest BCUT2D eigenvalue weighted by Crippen LogP contribution is 2.38. The van der Waals surface area contributed by atoms with Gasteiger partial charge < -0.3 is 25.4 Å². The predicted octanol–water partition coefficient (Wildman–Crippen LogP) is 1.83. The smallest absolute Gasteiger partial charge is 0.325 e. The summed E-state index contributed by atoms with van der Waals surface area (Å²) in [6, 6.07) is 18.7. The highest BCUT2D eigenvalue weighted by atomic mass is 31.2. The molecule has 6 N–H and O–H groups in total. The van der Waals surface area contributed by atoms with Crippen molar-refractivity contribution in [2.45, 2.75) is 37.7 Å². The molecule has 4 aromatic rings. The third-order valence-corrected chi connectivity index (χ3v) is 6.74. The molecule has 0 unspecified atom stereocenters. The van der Waals surface area contributed by atoms with Crippen LogP contribution in [0, 0.1) is 0 Å². The molecule has 2 aromatic carbocycles. The van der Waals surface area contributed by atoms with Crippen LogP contribution in [0.5, 0.6) is 0 Å². The number of rotatable bonds is 11. The largest absolute Gasteiger partial charge is 0.386 e. The fraction of sp³-hybridized carbons (Fsp3) is 0.292. The lowest BCUT2D eigenvalue weighted by Gasteiger charge is -2.37. The van der Waals surface area contributed by atoms with Gasteiger partial charge in [0.1, 0.15) is 6.73 Å². The predicted molar refractivity (Wildman–Crippen MR) is 134 cm³/mol. The minimum Gasteiger partial charge on any atom is -0.386 e. The number of hydrogen-bond donors (Lipinski definition) is 5. The summed E-state index contributed by atoms with van der Waals surface area (Å²) in [5.74, 6) is -0.0861. The SMILES string of the molecule is Nc1nc2c(ncn2CO[C@H](CCP(=O)(O)O)C(O)(Cc2ccccc2)Cc2ccccc2)c(=O)[nH]1. The summed E-state index contributed by atoms with van der Waals surface area (Å²) >= 11 is 0. The Bertz CT molecular complexity index is 1360. The van der Waals surface area contributed by atoms with Gasteiger partial charge in [0.25, 0.3) is 5.56 Å². The maximum Gasteiger partial charge on any atom is 0.325 e. The Labute approximate surface area is 206 Å². The number of aromatic amines is 1. The molecule has 1 atom stereocenters. The van der Waals surface area contributed by atoms with Gasteiger partial charge in [-0.05, 0) is 17.5 Å². The van der Waals surface area contributed by atoms with Crippen molar-refractivity contribution in [3.63, 3.8) is 0 Å². The second kappa shape index (κ2) is 10.7. The minimum atomic E-state index is -4.37. The van der Waals surface area contributed by atoms with E-state index in [0.29, 0.717) is 0 Å². The third kappa shape index (κ3) is 6.45. The fourth-order valence-electron chi connectivity index (χ4n) is 4.22. The normalized spacial score (nSPS) is 13.2. The van der Waals surface area contributed by atoms with Crippen LogP contribution >= 0.6 is 7.60 Å². The second-order valence-electron chi connectivity index (χ2n) is 8.73. The third-order valence-electron chi connectivity index (χ3n) is 5.90. The van der Waals surface area contributed by atoms with E-state index in [1.165, 1.54) is 10.9 Å². The van der Waals surface area contributed by atoms with Crippen molar-refractivity contribution in [3.05, 3.63) is 88.5 Å². The van der Waals surface area contributed by atoms with Crippen molar-refractivity contribution < 1.29 is 24.2 Å². The van der Waals surface area contributed by atoms with Crippen LogP contribution in [0.15, 0.2) is 71.8 Å². The number of benzene rings is 2. The lowest BCUT2D eigenvalue weighted by Crippen LogP contribution is -2.48. The zero-order chi connectivity index (χ0) is 25.8. The quantitative estimate of drug-likeness (QED) is 0.187. The first kappa shape index (κ1) is 25.7.